The number of rotatable bonds is 0. The monoisotopic (exact) mass is 277 g/mol. The van der Waals surface area contributed by atoms with Gasteiger partial charge >= 0.3 is 0 Å². The van der Waals surface area contributed by atoms with Crippen molar-refractivity contribution in [2.75, 3.05) is 0 Å². The molecule has 1 heterocycles. The number of benzene rings is 2. The molecule has 0 saturated carbocycles. The normalized spacial score (nSPS) is 13.4. The SMILES string of the molecule is Cn1c[n+](C)c2c1C(=O)c1cc3ccccc3cc1C2=O. The number of carbonyl (C=O) groups excluding carboxylic acids is 2. The van der Waals surface area contributed by atoms with Crippen LogP contribution in [0.2, 0.25) is 0 Å². The molecule has 1 aliphatic carbocycles. The molecule has 4 heteroatoms. The molecule has 0 N–H and O–H groups in total. The first-order valence-corrected chi connectivity index (χ1v) is 6.75. The molecule has 2 aromatic carbocycles. The summed E-state index contributed by atoms with van der Waals surface area (Å²) < 4.78 is 3.43. The third-order valence-electron chi connectivity index (χ3n) is 4.08. The van der Waals surface area contributed by atoms with Crippen LogP contribution in [0.4, 0.5) is 0 Å². The molecule has 0 aliphatic heterocycles. The molecular weight excluding hydrogens is 264 g/mol. The molecule has 102 valence electrons. The van der Waals surface area contributed by atoms with Crippen molar-refractivity contribution in [2.45, 2.75) is 0 Å². The zero-order valence-corrected chi connectivity index (χ0v) is 11.8. The Morgan fingerprint density at radius 1 is 0.952 bits per heavy atom. The van der Waals surface area contributed by atoms with Gasteiger partial charge in [-0.3, -0.25) is 9.59 Å². The van der Waals surface area contributed by atoms with Crippen molar-refractivity contribution in [1.29, 1.82) is 0 Å². The third kappa shape index (κ3) is 1.47. The predicted octanol–water partition coefficient (Wildman–Crippen LogP) is 1.78. The maximum Gasteiger partial charge on any atom is 0.244 e. The van der Waals surface area contributed by atoms with Gasteiger partial charge in [0.2, 0.25) is 29.3 Å². The highest BCUT2D eigenvalue weighted by Crippen LogP contribution is 2.29. The summed E-state index contributed by atoms with van der Waals surface area (Å²) in [6, 6.07) is 11.4. The third-order valence-corrected chi connectivity index (χ3v) is 4.08. The molecule has 0 fully saturated rings. The van der Waals surface area contributed by atoms with Crippen molar-refractivity contribution < 1.29 is 14.2 Å². The fourth-order valence-corrected chi connectivity index (χ4v) is 3.12. The summed E-state index contributed by atoms with van der Waals surface area (Å²) in [5, 5.41) is 1.94. The molecule has 3 aromatic rings. The number of ketones is 2. The second-order valence-electron chi connectivity index (χ2n) is 5.44. The lowest BCUT2D eigenvalue weighted by atomic mass is 9.87. The molecule has 0 saturated heterocycles. The molecular formula is C17H13N2O2+. The van der Waals surface area contributed by atoms with E-state index in [9.17, 15) is 9.59 Å². The number of aryl methyl sites for hydroxylation is 2. The number of hydrogen-bond acceptors (Lipinski definition) is 2. The van der Waals surface area contributed by atoms with E-state index in [2.05, 4.69) is 0 Å². The molecule has 0 atom stereocenters. The highest BCUT2D eigenvalue weighted by Gasteiger charge is 2.39. The number of nitrogens with zero attached hydrogens (tertiary/aromatic N) is 2. The van der Waals surface area contributed by atoms with Gasteiger partial charge in [0.15, 0.2) is 0 Å². The van der Waals surface area contributed by atoms with E-state index < -0.39 is 0 Å². The van der Waals surface area contributed by atoms with Crippen LogP contribution in [0.15, 0.2) is 42.7 Å². The minimum absolute atomic E-state index is 0.0894. The van der Waals surface area contributed by atoms with E-state index in [0.717, 1.165) is 10.8 Å². The molecule has 1 aromatic heterocycles. The van der Waals surface area contributed by atoms with Gasteiger partial charge in [-0.15, -0.1) is 0 Å². The zero-order valence-electron chi connectivity index (χ0n) is 11.8. The highest BCUT2D eigenvalue weighted by molar-refractivity contribution is 6.27. The Labute approximate surface area is 121 Å². The van der Waals surface area contributed by atoms with Crippen molar-refractivity contribution in [3.63, 3.8) is 0 Å². The van der Waals surface area contributed by atoms with Crippen LogP contribution >= 0.6 is 0 Å². The van der Waals surface area contributed by atoms with Crippen molar-refractivity contribution >= 4 is 22.3 Å². The van der Waals surface area contributed by atoms with Crippen molar-refractivity contribution in [1.82, 2.24) is 4.57 Å². The Bertz CT molecular complexity index is 876. The molecule has 0 spiro atoms. The first kappa shape index (κ1) is 12.0. The van der Waals surface area contributed by atoms with Gasteiger partial charge in [0.1, 0.15) is 0 Å². The number of imidazole rings is 1. The summed E-state index contributed by atoms with van der Waals surface area (Å²) in [5.74, 6) is -0.179. The van der Waals surface area contributed by atoms with E-state index >= 15 is 0 Å². The van der Waals surface area contributed by atoms with Crippen molar-refractivity contribution in [3.05, 3.63) is 65.2 Å². The smallest absolute Gasteiger partial charge is 0.244 e. The van der Waals surface area contributed by atoms with Gasteiger partial charge in [-0.05, 0) is 22.9 Å². The Kier molecular flexibility index (Phi) is 2.22. The Morgan fingerprint density at radius 3 is 2.14 bits per heavy atom. The van der Waals surface area contributed by atoms with E-state index in [1.54, 1.807) is 29.6 Å². The van der Waals surface area contributed by atoms with Gasteiger partial charge in [-0.2, -0.15) is 0 Å². The summed E-state index contributed by atoms with van der Waals surface area (Å²) in [6.45, 7) is 0. The summed E-state index contributed by atoms with van der Waals surface area (Å²) in [7, 11) is 3.58. The summed E-state index contributed by atoms with van der Waals surface area (Å²) in [6.07, 6.45) is 1.76. The van der Waals surface area contributed by atoms with Crippen molar-refractivity contribution in [3.8, 4) is 0 Å². The van der Waals surface area contributed by atoms with E-state index in [0.29, 0.717) is 22.5 Å². The number of fused-ring (bicyclic) bond motifs is 3. The molecule has 1 aliphatic rings. The second-order valence-corrected chi connectivity index (χ2v) is 5.44. The van der Waals surface area contributed by atoms with Gasteiger partial charge in [0, 0.05) is 11.1 Å². The topological polar surface area (TPSA) is 43.0 Å². The fraction of sp³-hybridized carbons (Fsp3) is 0.118. The van der Waals surface area contributed by atoms with E-state index in [-0.39, 0.29) is 11.6 Å². The Hall–Kier alpha value is -2.75. The molecule has 0 amide bonds. The molecule has 21 heavy (non-hydrogen) atoms. The molecule has 4 rings (SSSR count). The van der Waals surface area contributed by atoms with Crippen LogP contribution in [-0.4, -0.2) is 16.1 Å². The lowest BCUT2D eigenvalue weighted by molar-refractivity contribution is -0.672. The summed E-state index contributed by atoms with van der Waals surface area (Å²) in [5.41, 5.74) is 1.91. The van der Waals surface area contributed by atoms with Crippen molar-refractivity contribution in [2.24, 2.45) is 14.1 Å². The zero-order chi connectivity index (χ0) is 14.7. The fourth-order valence-electron chi connectivity index (χ4n) is 3.12. The predicted molar refractivity (Wildman–Crippen MR) is 77.4 cm³/mol. The van der Waals surface area contributed by atoms with Gasteiger partial charge < -0.3 is 0 Å². The second kappa shape index (κ2) is 3.88. The highest BCUT2D eigenvalue weighted by atomic mass is 16.1. The van der Waals surface area contributed by atoms with Crippen LogP contribution in [0.5, 0.6) is 0 Å². The first-order chi connectivity index (χ1) is 10.1. The number of aromatic nitrogens is 2. The van der Waals surface area contributed by atoms with Gasteiger partial charge in [0.25, 0.3) is 0 Å². The Balaban J connectivity index is 2.10. The Morgan fingerprint density at radius 2 is 1.52 bits per heavy atom. The largest absolute Gasteiger partial charge is 0.284 e. The molecule has 0 radical (unpaired) electrons. The minimum atomic E-state index is -0.0894. The van der Waals surface area contributed by atoms with Gasteiger partial charge in [-0.1, -0.05) is 24.3 Å². The average molecular weight is 277 g/mol. The molecule has 0 unspecified atom stereocenters. The van der Waals surface area contributed by atoms with Crippen LogP contribution < -0.4 is 4.57 Å². The van der Waals surface area contributed by atoms with E-state index in [1.807, 2.05) is 36.4 Å². The maximum atomic E-state index is 12.7. The standard InChI is InChI=1S/C17H13N2O2/c1-18-9-19(2)15-14(18)16(20)12-7-10-5-3-4-6-11(10)8-13(12)17(15)21/h3-9H,1-2H3/q+1. The van der Waals surface area contributed by atoms with Crippen LogP contribution in [0.25, 0.3) is 10.8 Å². The quantitative estimate of drug-likeness (QED) is 0.460. The van der Waals surface area contributed by atoms with Crippen LogP contribution in [0.3, 0.4) is 0 Å². The first-order valence-electron chi connectivity index (χ1n) is 6.75. The van der Waals surface area contributed by atoms with Gasteiger partial charge in [0.05, 0.1) is 14.1 Å². The van der Waals surface area contributed by atoms with Crippen LogP contribution in [0.1, 0.15) is 32.1 Å². The number of hydrogen-bond donors (Lipinski definition) is 0. The van der Waals surface area contributed by atoms with Crippen LogP contribution in [0, 0.1) is 0 Å². The van der Waals surface area contributed by atoms with E-state index in [4.69, 9.17) is 0 Å². The summed E-state index contributed by atoms with van der Waals surface area (Å²) in [4.78, 5) is 25.5. The maximum absolute atomic E-state index is 12.7. The van der Waals surface area contributed by atoms with Gasteiger partial charge in [-0.25, -0.2) is 9.13 Å². The number of carbonyl (C=O) groups is 2. The van der Waals surface area contributed by atoms with E-state index in [1.165, 1.54) is 0 Å². The molecule has 0 bridgehead atoms. The van der Waals surface area contributed by atoms with Crippen LogP contribution in [-0.2, 0) is 14.1 Å². The lowest BCUT2D eigenvalue weighted by Crippen LogP contribution is -2.36. The molecule has 4 nitrogen and oxygen atoms in total. The minimum Gasteiger partial charge on any atom is -0.284 e. The summed E-state index contributed by atoms with van der Waals surface area (Å²) >= 11 is 0. The average Bonchev–Trinajstić information content (AvgIpc) is 2.78. The lowest BCUT2D eigenvalue weighted by Gasteiger charge is -2.13.